The van der Waals surface area contributed by atoms with Crippen LogP contribution in [0.15, 0.2) is 41.3 Å². The highest BCUT2D eigenvalue weighted by atomic mass is 35.5. The third kappa shape index (κ3) is 6.73. The third-order valence-electron chi connectivity index (χ3n) is 4.29. The van der Waals surface area contributed by atoms with Crippen molar-refractivity contribution < 1.29 is 27.4 Å². The van der Waals surface area contributed by atoms with Gasteiger partial charge in [0.15, 0.2) is 5.75 Å². The van der Waals surface area contributed by atoms with Crippen LogP contribution in [-0.2, 0) is 19.6 Å². The Kier molecular flexibility index (Phi) is 9.58. The fraction of sp³-hybridized carbons (Fsp3) is 0.381. The summed E-state index contributed by atoms with van der Waals surface area (Å²) in [4.78, 5) is 12.4. The molecule has 0 unspecified atom stereocenters. The number of nitrogens with zero attached hydrogens (tertiary/aromatic N) is 1. The van der Waals surface area contributed by atoms with Crippen LogP contribution in [0.2, 0.25) is 5.02 Å². The summed E-state index contributed by atoms with van der Waals surface area (Å²) in [7, 11) is 0.463. The summed E-state index contributed by atoms with van der Waals surface area (Å²) in [6.45, 7) is 3.11. The van der Waals surface area contributed by atoms with Gasteiger partial charge in [0, 0.05) is 26.4 Å². The van der Waals surface area contributed by atoms with Crippen LogP contribution >= 0.6 is 11.6 Å². The van der Waals surface area contributed by atoms with E-state index in [0.29, 0.717) is 42.0 Å². The highest BCUT2D eigenvalue weighted by Gasteiger charge is 2.23. The zero-order valence-electron chi connectivity index (χ0n) is 18.5. The molecule has 0 saturated carbocycles. The number of benzene rings is 2. The van der Waals surface area contributed by atoms with Crippen LogP contribution in [0.3, 0.4) is 0 Å². The van der Waals surface area contributed by atoms with Crippen molar-refractivity contribution in [2.75, 3.05) is 58.2 Å². The number of carbonyl (C=O) groups excluding carboxylic acids is 1. The first kappa shape index (κ1) is 25.7. The Morgan fingerprint density at radius 3 is 2.56 bits per heavy atom. The van der Waals surface area contributed by atoms with E-state index in [2.05, 4.69) is 10.6 Å². The van der Waals surface area contributed by atoms with Crippen molar-refractivity contribution >= 4 is 38.9 Å². The van der Waals surface area contributed by atoms with E-state index in [4.69, 9.17) is 25.8 Å². The molecule has 2 aromatic rings. The van der Waals surface area contributed by atoms with E-state index in [1.807, 2.05) is 6.92 Å². The average molecular weight is 486 g/mol. The Bertz CT molecular complexity index is 1030. The second-order valence-electron chi connectivity index (χ2n) is 6.72. The minimum Gasteiger partial charge on any atom is -0.495 e. The van der Waals surface area contributed by atoms with Gasteiger partial charge in [-0.1, -0.05) is 17.7 Å². The Balaban J connectivity index is 2.09. The second-order valence-corrected chi connectivity index (χ2v) is 9.24. The first-order valence-electron chi connectivity index (χ1n) is 9.84. The minimum absolute atomic E-state index is 0.0458. The number of hydrogen-bond acceptors (Lipinski definition) is 7. The number of sulfonamides is 1. The van der Waals surface area contributed by atoms with E-state index >= 15 is 0 Å². The first-order chi connectivity index (χ1) is 15.2. The maximum Gasteiger partial charge on any atom is 0.246 e. The minimum atomic E-state index is -3.76. The zero-order valence-corrected chi connectivity index (χ0v) is 20.0. The Morgan fingerprint density at radius 1 is 1.16 bits per heavy atom. The van der Waals surface area contributed by atoms with Crippen molar-refractivity contribution in [2.24, 2.45) is 0 Å². The van der Waals surface area contributed by atoms with Gasteiger partial charge >= 0.3 is 0 Å². The Morgan fingerprint density at radius 2 is 1.91 bits per heavy atom. The molecule has 0 saturated heterocycles. The number of ether oxygens (including phenoxy) is 3. The van der Waals surface area contributed by atoms with Gasteiger partial charge in [-0.05, 0) is 37.3 Å². The molecule has 0 atom stereocenters. The van der Waals surface area contributed by atoms with E-state index in [1.165, 1.54) is 33.3 Å². The van der Waals surface area contributed by atoms with Gasteiger partial charge in [-0.2, -0.15) is 0 Å². The fourth-order valence-electron chi connectivity index (χ4n) is 2.68. The molecule has 0 fully saturated rings. The predicted molar refractivity (Wildman–Crippen MR) is 124 cm³/mol. The summed E-state index contributed by atoms with van der Waals surface area (Å²) in [6.07, 6.45) is 0. The number of halogens is 1. The second kappa shape index (κ2) is 11.9. The van der Waals surface area contributed by atoms with Crippen molar-refractivity contribution in [3.63, 3.8) is 0 Å². The number of rotatable bonds is 12. The van der Waals surface area contributed by atoms with Gasteiger partial charge in [0.2, 0.25) is 15.9 Å². The van der Waals surface area contributed by atoms with Crippen LogP contribution in [0.4, 0.5) is 11.4 Å². The summed E-state index contributed by atoms with van der Waals surface area (Å²) in [6, 6.07) is 9.57. The number of para-hydroxylation sites is 1. The standard InChI is InChI=1S/C21H28ClN3O6S/c1-5-30-11-12-31-21-16(22)7-6-8-17(21)23-14-20(26)24-15-9-10-18(29-4)19(13-15)32(27,28)25(2)3/h6-10,13,23H,5,11-12,14H2,1-4H3,(H,24,26). The molecule has 11 heteroatoms. The molecule has 0 bridgehead atoms. The van der Waals surface area contributed by atoms with Gasteiger partial charge in [0.25, 0.3) is 0 Å². The van der Waals surface area contributed by atoms with E-state index in [9.17, 15) is 13.2 Å². The summed E-state index contributed by atoms with van der Waals surface area (Å²) in [5.41, 5.74) is 0.868. The highest BCUT2D eigenvalue weighted by Crippen LogP contribution is 2.33. The number of anilines is 2. The molecule has 2 rings (SSSR count). The number of carbonyl (C=O) groups is 1. The molecule has 176 valence electrons. The lowest BCUT2D eigenvalue weighted by molar-refractivity contribution is -0.114. The molecule has 0 radical (unpaired) electrons. The largest absolute Gasteiger partial charge is 0.495 e. The van der Waals surface area contributed by atoms with Gasteiger partial charge in [-0.25, -0.2) is 12.7 Å². The summed E-state index contributed by atoms with van der Waals surface area (Å²) in [5.74, 6) is 0.219. The number of amides is 1. The maximum absolute atomic E-state index is 12.5. The normalized spacial score (nSPS) is 11.3. The first-order valence-corrected chi connectivity index (χ1v) is 11.7. The van der Waals surface area contributed by atoms with Crippen molar-refractivity contribution in [2.45, 2.75) is 11.8 Å². The number of methoxy groups -OCH3 is 1. The van der Waals surface area contributed by atoms with Gasteiger partial charge in [0.1, 0.15) is 17.3 Å². The average Bonchev–Trinajstić information content (AvgIpc) is 2.76. The van der Waals surface area contributed by atoms with Gasteiger partial charge in [-0.15, -0.1) is 0 Å². The highest BCUT2D eigenvalue weighted by molar-refractivity contribution is 7.89. The molecule has 0 aromatic heterocycles. The van der Waals surface area contributed by atoms with Crippen LogP contribution in [0, 0.1) is 0 Å². The molecule has 2 N–H and O–H groups in total. The molecule has 0 aliphatic rings. The number of hydrogen-bond donors (Lipinski definition) is 2. The van der Waals surface area contributed by atoms with Gasteiger partial charge < -0.3 is 24.8 Å². The van der Waals surface area contributed by atoms with Crippen molar-refractivity contribution in [1.82, 2.24) is 4.31 Å². The summed E-state index contributed by atoms with van der Waals surface area (Å²) in [5, 5.41) is 6.07. The lowest BCUT2D eigenvalue weighted by Crippen LogP contribution is -2.24. The van der Waals surface area contributed by atoms with Crippen LogP contribution in [0.1, 0.15) is 6.92 Å². The smallest absolute Gasteiger partial charge is 0.246 e. The SMILES string of the molecule is CCOCCOc1c(Cl)cccc1NCC(=O)Nc1ccc(OC)c(S(=O)(=O)N(C)C)c1. The molecule has 0 aliphatic heterocycles. The van der Waals surface area contributed by atoms with Crippen molar-refractivity contribution in [1.29, 1.82) is 0 Å². The molecular formula is C21H28ClN3O6S. The molecule has 0 aliphatic carbocycles. The molecule has 1 amide bonds. The van der Waals surface area contributed by atoms with Crippen LogP contribution in [0.25, 0.3) is 0 Å². The van der Waals surface area contributed by atoms with Crippen LogP contribution in [0.5, 0.6) is 11.5 Å². The quantitative estimate of drug-likeness (QED) is 0.445. The zero-order chi connectivity index (χ0) is 23.7. The van der Waals surface area contributed by atoms with Gasteiger partial charge in [0.05, 0.1) is 31.0 Å². The van der Waals surface area contributed by atoms with E-state index in [1.54, 1.807) is 24.3 Å². The van der Waals surface area contributed by atoms with Crippen molar-refractivity contribution in [3.8, 4) is 11.5 Å². The fourth-order valence-corrected chi connectivity index (χ4v) is 3.98. The van der Waals surface area contributed by atoms with Crippen LogP contribution in [-0.4, -0.2) is 66.2 Å². The van der Waals surface area contributed by atoms with Crippen molar-refractivity contribution in [3.05, 3.63) is 41.4 Å². The van der Waals surface area contributed by atoms with E-state index < -0.39 is 10.0 Å². The van der Waals surface area contributed by atoms with E-state index in [0.717, 1.165) is 4.31 Å². The topological polar surface area (TPSA) is 106 Å². The van der Waals surface area contributed by atoms with E-state index in [-0.39, 0.29) is 23.1 Å². The summed E-state index contributed by atoms with van der Waals surface area (Å²) >= 11 is 6.22. The number of nitrogens with one attached hydrogen (secondary N) is 2. The molecular weight excluding hydrogens is 458 g/mol. The molecule has 32 heavy (non-hydrogen) atoms. The molecule has 2 aromatic carbocycles. The molecule has 0 heterocycles. The monoisotopic (exact) mass is 485 g/mol. The maximum atomic E-state index is 12.5. The lowest BCUT2D eigenvalue weighted by atomic mass is 10.2. The predicted octanol–water partition coefficient (Wildman–Crippen LogP) is 3.06. The molecule has 0 spiro atoms. The summed E-state index contributed by atoms with van der Waals surface area (Å²) < 4.78 is 42.3. The lowest BCUT2D eigenvalue weighted by Gasteiger charge is -2.16. The Hall–Kier alpha value is -2.53. The molecule has 9 nitrogen and oxygen atoms in total. The van der Waals surface area contributed by atoms with Gasteiger partial charge in [-0.3, -0.25) is 4.79 Å². The third-order valence-corrected chi connectivity index (χ3v) is 6.42. The Labute approximate surface area is 193 Å². The van der Waals surface area contributed by atoms with Crippen LogP contribution < -0.4 is 20.1 Å².